The predicted molar refractivity (Wildman–Crippen MR) is 126 cm³/mol. The molecule has 2 amide bonds. The van der Waals surface area contributed by atoms with Crippen LogP contribution in [0.25, 0.3) is 0 Å². The molecule has 1 aliphatic carbocycles. The van der Waals surface area contributed by atoms with Gasteiger partial charge in [0.2, 0.25) is 0 Å². The molecule has 5 nitrogen and oxygen atoms in total. The molecule has 2 N–H and O–H groups in total. The van der Waals surface area contributed by atoms with Gasteiger partial charge < -0.3 is 15.5 Å². The Balaban J connectivity index is 1.26. The minimum atomic E-state index is -0.152. The summed E-state index contributed by atoms with van der Waals surface area (Å²) >= 11 is 6.16. The van der Waals surface area contributed by atoms with Crippen molar-refractivity contribution in [2.45, 2.75) is 38.0 Å². The maximum atomic E-state index is 13.3. The number of aryl methyl sites for hydroxylation is 1. The summed E-state index contributed by atoms with van der Waals surface area (Å²) in [6.45, 7) is 4.40. The number of hydrogen-bond donors (Lipinski definition) is 2. The van der Waals surface area contributed by atoms with E-state index in [2.05, 4.69) is 27.7 Å². The Morgan fingerprint density at radius 2 is 1.94 bits per heavy atom. The van der Waals surface area contributed by atoms with Crippen LogP contribution in [0.4, 0.5) is 0 Å². The highest BCUT2D eigenvalue weighted by molar-refractivity contribution is 6.33. The molecule has 0 bridgehead atoms. The number of hydrogen-bond acceptors (Lipinski definition) is 3. The molecule has 32 heavy (non-hydrogen) atoms. The summed E-state index contributed by atoms with van der Waals surface area (Å²) in [7, 11) is 0. The Morgan fingerprint density at radius 3 is 2.75 bits per heavy atom. The number of nitrogens with one attached hydrogen (secondary N) is 2. The number of carbonyl (C=O) groups is 2. The van der Waals surface area contributed by atoms with Gasteiger partial charge in [0.15, 0.2) is 0 Å². The van der Waals surface area contributed by atoms with Gasteiger partial charge >= 0.3 is 0 Å². The smallest absolute Gasteiger partial charge is 0.253 e. The van der Waals surface area contributed by atoms with Crippen LogP contribution in [0.2, 0.25) is 5.02 Å². The first-order valence-corrected chi connectivity index (χ1v) is 12.1. The molecule has 2 heterocycles. The van der Waals surface area contributed by atoms with Gasteiger partial charge in [0, 0.05) is 31.1 Å². The summed E-state index contributed by atoms with van der Waals surface area (Å²) in [5.74, 6) is 0.216. The Labute approximate surface area is 194 Å². The molecule has 0 saturated carbocycles. The van der Waals surface area contributed by atoms with Crippen molar-refractivity contribution in [3.8, 4) is 0 Å². The molecule has 2 saturated heterocycles. The summed E-state index contributed by atoms with van der Waals surface area (Å²) in [6.07, 6.45) is 5.40. The zero-order chi connectivity index (χ0) is 22.1. The first kappa shape index (κ1) is 21.5. The van der Waals surface area contributed by atoms with Crippen LogP contribution in [-0.4, -0.2) is 49.4 Å². The second kappa shape index (κ2) is 8.87. The number of benzene rings is 2. The third-order valence-electron chi connectivity index (χ3n) is 7.61. The van der Waals surface area contributed by atoms with Gasteiger partial charge in [-0.05, 0) is 86.0 Å². The van der Waals surface area contributed by atoms with Crippen LogP contribution in [-0.2, 0) is 6.42 Å². The highest BCUT2D eigenvalue weighted by Crippen LogP contribution is 2.39. The molecule has 0 radical (unpaired) electrons. The summed E-state index contributed by atoms with van der Waals surface area (Å²) in [5.41, 5.74) is 4.07. The second-order valence-corrected chi connectivity index (χ2v) is 9.97. The zero-order valence-corrected chi connectivity index (χ0v) is 19.1. The van der Waals surface area contributed by atoms with Gasteiger partial charge in [-0.15, -0.1) is 0 Å². The Bertz CT molecular complexity index is 1030. The van der Waals surface area contributed by atoms with E-state index < -0.39 is 0 Å². The Morgan fingerprint density at radius 1 is 1.12 bits per heavy atom. The number of nitrogens with zero attached hydrogens (tertiary/aromatic N) is 1. The van der Waals surface area contributed by atoms with Crippen molar-refractivity contribution in [1.29, 1.82) is 0 Å². The van der Waals surface area contributed by atoms with Crippen LogP contribution in [0.15, 0.2) is 42.5 Å². The maximum absolute atomic E-state index is 13.3. The summed E-state index contributed by atoms with van der Waals surface area (Å²) in [5, 5.41) is 6.94. The summed E-state index contributed by atoms with van der Waals surface area (Å²) < 4.78 is 0. The fourth-order valence-electron chi connectivity index (χ4n) is 5.65. The van der Waals surface area contributed by atoms with Gasteiger partial charge in [-0.3, -0.25) is 9.59 Å². The van der Waals surface area contributed by atoms with Crippen LogP contribution < -0.4 is 10.6 Å². The number of amides is 2. The lowest BCUT2D eigenvalue weighted by molar-refractivity contribution is 0.0761. The van der Waals surface area contributed by atoms with Gasteiger partial charge in [-0.25, -0.2) is 0 Å². The van der Waals surface area contributed by atoms with Gasteiger partial charge in [0.25, 0.3) is 11.8 Å². The molecule has 1 atom stereocenters. The van der Waals surface area contributed by atoms with Crippen molar-refractivity contribution < 1.29 is 9.59 Å². The van der Waals surface area contributed by atoms with Crippen molar-refractivity contribution in [2.75, 3.05) is 32.7 Å². The number of rotatable bonds is 4. The lowest BCUT2D eigenvalue weighted by Gasteiger charge is -2.33. The Hall–Kier alpha value is -2.37. The van der Waals surface area contributed by atoms with Gasteiger partial charge in [-0.2, -0.15) is 0 Å². The molecule has 168 valence electrons. The number of carbonyl (C=O) groups excluding carboxylic acids is 2. The quantitative estimate of drug-likeness (QED) is 0.738. The zero-order valence-electron chi connectivity index (χ0n) is 18.3. The first-order valence-electron chi connectivity index (χ1n) is 11.7. The SMILES string of the molecule is O=C(NCC1CCc2ccc(C(=O)N3CCC4(CCNCC4)C3)cc21)c1ccccc1Cl. The van der Waals surface area contributed by atoms with Crippen LogP contribution in [0.1, 0.15) is 63.4 Å². The van der Waals surface area contributed by atoms with Crippen LogP contribution in [0.5, 0.6) is 0 Å². The van der Waals surface area contributed by atoms with Crippen molar-refractivity contribution in [1.82, 2.24) is 15.5 Å². The minimum absolute atomic E-state index is 0.147. The summed E-state index contributed by atoms with van der Waals surface area (Å²) in [6, 6.07) is 13.3. The molecule has 2 aliphatic heterocycles. The van der Waals surface area contributed by atoms with E-state index in [0.717, 1.165) is 63.8 Å². The molecular weight excluding hydrogens is 422 g/mol. The second-order valence-electron chi connectivity index (χ2n) is 9.57. The number of piperidine rings is 1. The fraction of sp³-hybridized carbons (Fsp3) is 0.462. The molecule has 1 unspecified atom stereocenters. The van der Waals surface area contributed by atoms with E-state index in [9.17, 15) is 9.59 Å². The molecule has 6 heteroatoms. The van der Waals surface area contributed by atoms with Crippen LogP contribution >= 0.6 is 11.6 Å². The average Bonchev–Trinajstić information content (AvgIpc) is 3.41. The highest BCUT2D eigenvalue weighted by Gasteiger charge is 2.40. The topological polar surface area (TPSA) is 61.4 Å². The van der Waals surface area contributed by atoms with Crippen molar-refractivity contribution in [2.24, 2.45) is 5.41 Å². The monoisotopic (exact) mass is 451 g/mol. The number of fused-ring (bicyclic) bond motifs is 1. The number of likely N-dealkylation sites (tertiary alicyclic amines) is 1. The molecule has 2 aromatic rings. The largest absolute Gasteiger partial charge is 0.351 e. The molecule has 2 aromatic carbocycles. The van der Waals surface area contributed by atoms with Gasteiger partial charge in [0.05, 0.1) is 10.6 Å². The molecule has 3 aliphatic rings. The maximum Gasteiger partial charge on any atom is 0.253 e. The third-order valence-corrected chi connectivity index (χ3v) is 7.94. The molecular formula is C26H30ClN3O2. The lowest BCUT2D eigenvalue weighted by atomic mass is 9.78. The van der Waals surface area contributed by atoms with Crippen molar-refractivity contribution in [3.05, 3.63) is 69.7 Å². The van der Waals surface area contributed by atoms with Gasteiger partial charge in [-0.1, -0.05) is 29.8 Å². The van der Waals surface area contributed by atoms with E-state index in [1.807, 2.05) is 18.2 Å². The van der Waals surface area contributed by atoms with E-state index in [4.69, 9.17) is 11.6 Å². The van der Waals surface area contributed by atoms with E-state index in [1.165, 1.54) is 11.1 Å². The Kier molecular flexibility index (Phi) is 5.95. The van der Waals surface area contributed by atoms with Crippen molar-refractivity contribution >= 4 is 23.4 Å². The third kappa shape index (κ3) is 4.16. The van der Waals surface area contributed by atoms with Gasteiger partial charge in [0.1, 0.15) is 0 Å². The first-order chi connectivity index (χ1) is 15.5. The standard InChI is InChI=1S/C26H30ClN3O2/c27-23-4-2-1-3-21(23)24(31)29-16-20-8-6-18-5-7-19(15-22(18)20)25(32)30-14-11-26(17-30)9-12-28-13-10-26/h1-5,7,15,20,28H,6,8-14,16-17H2,(H,29,31). The van der Waals surface area contributed by atoms with E-state index >= 15 is 0 Å². The van der Waals surface area contributed by atoms with Crippen LogP contribution in [0, 0.1) is 5.41 Å². The normalized spacial score (nSPS) is 21.5. The summed E-state index contributed by atoms with van der Waals surface area (Å²) in [4.78, 5) is 27.9. The highest BCUT2D eigenvalue weighted by atomic mass is 35.5. The molecule has 2 fully saturated rings. The average molecular weight is 452 g/mol. The molecule has 0 aromatic heterocycles. The van der Waals surface area contributed by atoms with Crippen molar-refractivity contribution in [3.63, 3.8) is 0 Å². The molecule has 5 rings (SSSR count). The minimum Gasteiger partial charge on any atom is -0.351 e. The lowest BCUT2D eigenvalue weighted by Crippen LogP contribution is -2.39. The number of halogens is 1. The van der Waals surface area contributed by atoms with E-state index in [-0.39, 0.29) is 17.7 Å². The van der Waals surface area contributed by atoms with Crippen LogP contribution in [0.3, 0.4) is 0 Å². The fourth-order valence-corrected chi connectivity index (χ4v) is 5.87. The van der Waals surface area contributed by atoms with E-state index in [0.29, 0.717) is 22.5 Å². The predicted octanol–water partition coefficient (Wildman–Crippen LogP) is 4.02. The molecule has 1 spiro atoms. The van der Waals surface area contributed by atoms with E-state index in [1.54, 1.807) is 12.1 Å².